The van der Waals surface area contributed by atoms with Crippen molar-refractivity contribution in [1.82, 2.24) is 14.8 Å². The highest BCUT2D eigenvalue weighted by atomic mass is 16.1. The number of carbonyl (C=O) groups excluding carboxylic acids is 1. The molecule has 5 heteroatoms. The normalized spacial score (nSPS) is 12.9. The topological polar surface area (TPSA) is 73.8 Å². The van der Waals surface area contributed by atoms with Gasteiger partial charge in [0.05, 0.1) is 5.92 Å². The van der Waals surface area contributed by atoms with Gasteiger partial charge in [-0.2, -0.15) is 5.10 Å². The van der Waals surface area contributed by atoms with Crippen LogP contribution < -0.4 is 5.73 Å². The number of aryl methyl sites for hydroxylation is 2. The molecule has 0 radical (unpaired) electrons. The van der Waals surface area contributed by atoms with E-state index in [1.54, 1.807) is 25.6 Å². The van der Waals surface area contributed by atoms with Crippen LogP contribution in [0.2, 0.25) is 0 Å². The molecule has 0 saturated carbocycles. The molecule has 1 atom stereocenters. The fraction of sp³-hybridized carbons (Fsp3) is 0.571. The summed E-state index contributed by atoms with van der Waals surface area (Å²) in [7, 11) is 1.74. The van der Waals surface area contributed by atoms with E-state index in [0.717, 1.165) is 0 Å². The Morgan fingerprint density at radius 2 is 2.25 bits per heavy atom. The molecular formula is C7H12N4O. The lowest BCUT2D eigenvalue weighted by molar-refractivity contribution is -0.119. The van der Waals surface area contributed by atoms with Gasteiger partial charge in [0.15, 0.2) is 0 Å². The lowest BCUT2D eigenvalue weighted by Crippen LogP contribution is -2.21. The maximum atomic E-state index is 10.8. The van der Waals surface area contributed by atoms with E-state index >= 15 is 0 Å². The molecule has 0 aliphatic rings. The summed E-state index contributed by atoms with van der Waals surface area (Å²) < 4.78 is 1.57. The summed E-state index contributed by atoms with van der Waals surface area (Å²) in [5.41, 5.74) is 5.13. The Kier molecular flexibility index (Phi) is 2.12. The largest absolute Gasteiger partial charge is 0.369 e. The first-order chi connectivity index (χ1) is 5.52. The molecule has 0 aliphatic carbocycles. The number of amides is 1. The summed E-state index contributed by atoms with van der Waals surface area (Å²) >= 11 is 0. The van der Waals surface area contributed by atoms with Gasteiger partial charge in [-0.3, -0.25) is 9.48 Å². The summed E-state index contributed by atoms with van der Waals surface area (Å²) in [6, 6.07) is 0. The molecule has 66 valence electrons. The smallest absolute Gasteiger partial charge is 0.227 e. The van der Waals surface area contributed by atoms with Crippen LogP contribution in [0.25, 0.3) is 0 Å². The minimum atomic E-state index is -0.384. The van der Waals surface area contributed by atoms with Crippen LogP contribution in [0, 0.1) is 6.92 Å². The monoisotopic (exact) mass is 168 g/mol. The molecule has 0 spiro atoms. The minimum Gasteiger partial charge on any atom is -0.369 e. The SMILES string of the molecule is Cc1nc(C(C)C(N)=O)n(C)n1. The highest BCUT2D eigenvalue weighted by molar-refractivity contribution is 5.80. The van der Waals surface area contributed by atoms with E-state index in [1.165, 1.54) is 0 Å². The van der Waals surface area contributed by atoms with Gasteiger partial charge < -0.3 is 5.73 Å². The molecule has 12 heavy (non-hydrogen) atoms. The van der Waals surface area contributed by atoms with Crippen molar-refractivity contribution in [3.63, 3.8) is 0 Å². The third kappa shape index (κ3) is 1.44. The quantitative estimate of drug-likeness (QED) is 0.659. The molecule has 0 aromatic carbocycles. The van der Waals surface area contributed by atoms with Crippen molar-refractivity contribution in [1.29, 1.82) is 0 Å². The fourth-order valence-electron chi connectivity index (χ4n) is 1.03. The van der Waals surface area contributed by atoms with E-state index in [4.69, 9.17) is 5.73 Å². The van der Waals surface area contributed by atoms with Crippen molar-refractivity contribution in [3.8, 4) is 0 Å². The van der Waals surface area contributed by atoms with Gasteiger partial charge in [-0.1, -0.05) is 0 Å². The highest BCUT2D eigenvalue weighted by Gasteiger charge is 2.17. The number of hydrogen-bond donors (Lipinski definition) is 1. The summed E-state index contributed by atoms with van der Waals surface area (Å²) in [6.45, 7) is 3.49. The van der Waals surface area contributed by atoms with Crippen LogP contribution in [-0.4, -0.2) is 20.7 Å². The molecule has 0 saturated heterocycles. The second kappa shape index (κ2) is 2.92. The Morgan fingerprint density at radius 3 is 2.58 bits per heavy atom. The minimum absolute atomic E-state index is 0.379. The number of nitrogens with zero attached hydrogens (tertiary/aromatic N) is 3. The molecule has 2 N–H and O–H groups in total. The zero-order valence-electron chi connectivity index (χ0n) is 7.40. The van der Waals surface area contributed by atoms with E-state index in [1.807, 2.05) is 0 Å². The van der Waals surface area contributed by atoms with Gasteiger partial charge in [0.25, 0.3) is 0 Å². The summed E-state index contributed by atoms with van der Waals surface area (Å²) in [6.07, 6.45) is 0. The molecule has 0 aliphatic heterocycles. The van der Waals surface area contributed by atoms with Crippen LogP contribution in [0.15, 0.2) is 0 Å². The van der Waals surface area contributed by atoms with Gasteiger partial charge in [0.2, 0.25) is 5.91 Å². The number of rotatable bonds is 2. The van der Waals surface area contributed by atoms with E-state index in [0.29, 0.717) is 11.6 Å². The molecular weight excluding hydrogens is 156 g/mol. The molecule has 0 fully saturated rings. The van der Waals surface area contributed by atoms with Crippen molar-refractivity contribution in [3.05, 3.63) is 11.6 Å². The number of hydrogen-bond acceptors (Lipinski definition) is 3. The third-order valence-electron chi connectivity index (χ3n) is 1.72. The molecule has 0 bridgehead atoms. The summed E-state index contributed by atoms with van der Waals surface area (Å²) in [5, 5.41) is 4.01. The highest BCUT2D eigenvalue weighted by Crippen LogP contribution is 2.10. The second-order valence-corrected chi connectivity index (χ2v) is 2.76. The van der Waals surface area contributed by atoms with Crippen LogP contribution in [0.3, 0.4) is 0 Å². The van der Waals surface area contributed by atoms with Crippen LogP contribution in [-0.2, 0) is 11.8 Å². The molecule has 1 rings (SSSR count). The van der Waals surface area contributed by atoms with Crippen LogP contribution in [0.1, 0.15) is 24.5 Å². The van der Waals surface area contributed by atoms with Crippen LogP contribution in [0.4, 0.5) is 0 Å². The first kappa shape index (κ1) is 8.70. The Bertz CT molecular complexity index is 304. The van der Waals surface area contributed by atoms with Crippen molar-refractivity contribution >= 4 is 5.91 Å². The molecule has 5 nitrogen and oxygen atoms in total. The van der Waals surface area contributed by atoms with Crippen molar-refractivity contribution < 1.29 is 4.79 Å². The number of aromatic nitrogens is 3. The predicted octanol–water partition coefficient (Wildman–Crippen LogP) is -0.288. The zero-order valence-corrected chi connectivity index (χ0v) is 7.40. The number of primary amides is 1. The molecule has 1 aromatic rings. The van der Waals surface area contributed by atoms with Crippen molar-refractivity contribution in [2.75, 3.05) is 0 Å². The second-order valence-electron chi connectivity index (χ2n) is 2.76. The average molecular weight is 168 g/mol. The molecule has 1 unspecified atom stereocenters. The fourth-order valence-corrected chi connectivity index (χ4v) is 1.03. The maximum absolute atomic E-state index is 10.8. The maximum Gasteiger partial charge on any atom is 0.227 e. The van der Waals surface area contributed by atoms with E-state index in [9.17, 15) is 4.79 Å². The average Bonchev–Trinajstić information content (AvgIpc) is 2.28. The van der Waals surface area contributed by atoms with Crippen LogP contribution >= 0.6 is 0 Å². The van der Waals surface area contributed by atoms with Gasteiger partial charge >= 0.3 is 0 Å². The van der Waals surface area contributed by atoms with Gasteiger partial charge in [0, 0.05) is 7.05 Å². The first-order valence-corrected chi connectivity index (χ1v) is 3.69. The zero-order chi connectivity index (χ0) is 9.30. The lowest BCUT2D eigenvalue weighted by Gasteiger charge is -2.04. The number of nitrogens with two attached hydrogens (primary N) is 1. The third-order valence-corrected chi connectivity index (χ3v) is 1.72. The summed E-state index contributed by atoms with van der Waals surface area (Å²) in [5.74, 6) is 0.502. The van der Waals surface area contributed by atoms with E-state index in [2.05, 4.69) is 10.1 Å². The van der Waals surface area contributed by atoms with Crippen molar-refractivity contribution in [2.24, 2.45) is 12.8 Å². The standard InChI is InChI=1S/C7H12N4O/c1-4(6(8)12)7-9-5(2)10-11(7)3/h4H,1-3H3,(H2,8,12). The van der Waals surface area contributed by atoms with Crippen LogP contribution in [0.5, 0.6) is 0 Å². The Hall–Kier alpha value is -1.39. The Balaban J connectivity index is 3.02. The predicted molar refractivity (Wildman–Crippen MR) is 43.3 cm³/mol. The van der Waals surface area contributed by atoms with Gasteiger partial charge in [0.1, 0.15) is 11.6 Å². The van der Waals surface area contributed by atoms with E-state index in [-0.39, 0.29) is 11.8 Å². The Morgan fingerprint density at radius 1 is 1.67 bits per heavy atom. The first-order valence-electron chi connectivity index (χ1n) is 3.69. The Labute approximate surface area is 70.6 Å². The van der Waals surface area contributed by atoms with Crippen molar-refractivity contribution in [2.45, 2.75) is 19.8 Å². The molecule has 1 aromatic heterocycles. The van der Waals surface area contributed by atoms with E-state index < -0.39 is 0 Å². The molecule has 1 heterocycles. The summed E-state index contributed by atoms with van der Waals surface area (Å²) in [4.78, 5) is 14.9. The van der Waals surface area contributed by atoms with Gasteiger partial charge in [-0.15, -0.1) is 0 Å². The molecule has 1 amide bonds. The lowest BCUT2D eigenvalue weighted by atomic mass is 10.1. The van der Waals surface area contributed by atoms with Gasteiger partial charge in [-0.05, 0) is 13.8 Å². The number of carbonyl (C=O) groups is 1. The van der Waals surface area contributed by atoms with Gasteiger partial charge in [-0.25, -0.2) is 4.98 Å².